The molecule has 144 valence electrons. The summed E-state index contributed by atoms with van der Waals surface area (Å²) in [7, 11) is 0. The van der Waals surface area contributed by atoms with Crippen LogP contribution in [0.5, 0.6) is 0 Å². The van der Waals surface area contributed by atoms with Crippen LogP contribution in [-0.2, 0) is 4.79 Å². The molecule has 1 heterocycles. The predicted molar refractivity (Wildman–Crippen MR) is 110 cm³/mol. The number of aromatic nitrogens is 1. The number of fused-ring (bicyclic) bond motifs is 1. The zero-order valence-electron chi connectivity index (χ0n) is 16.3. The highest BCUT2D eigenvalue weighted by molar-refractivity contribution is 5.84. The fourth-order valence-electron chi connectivity index (χ4n) is 3.89. The minimum atomic E-state index is -0.702. The number of para-hydroxylation sites is 1. The van der Waals surface area contributed by atoms with Gasteiger partial charge >= 0.3 is 5.97 Å². The Kier molecular flexibility index (Phi) is 9.30. The Labute approximate surface area is 158 Å². The molecule has 0 spiro atoms. The van der Waals surface area contributed by atoms with Crippen LogP contribution in [0.4, 0.5) is 0 Å². The van der Waals surface area contributed by atoms with E-state index in [1.807, 2.05) is 18.3 Å². The molecule has 0 amide bonds. The number of carboxylic acids is 1. The van der Waals surface area contributed by atoms with Gasteiger partial charge in [0, 0.05) is 17.1 Å². The normalized spacial score (nSPS) is 12.5. The molecule has 0 fully saturated rings. The lowest BCUT2D eigenvalue weighted by atomic mass is 9.90. The predicted octanol–water partition coefficient (Wildman–Crippen LogP) is 7.04. The van der Waals surface area contributed by atoms with Gasteiger partial charge in [-0.05, 0) is 24.0 Å². The van der Waals surface area contributed by atoms with Gasteiger partial charge in [0.05, 0.1) is 6.42 Å². The van der Waals surface area contributed by atoms with Crippen LogP contribution in [-0.4, -0.2) is 16.1 Å². The second kappa shape index (κ2) is 11.8. The Morgan fingerprint density at radius 3 is 2.23 bits per heavy atom. The Balaban J connectivity index is 1.72. The molecule has 0 saturated heterocycles. The smallest absolute Gasteiger partial charge is 0.303 e. The van der Waals surface area contributed by atoms with Crippen molar-refractivity contribution in [2.75, 3.05) is 0 Å². The molecule has 3 heteroatoms. The number of aromatic amines is 1. The lowest BCUT2D eigenvalue weighted by Crippen LogP contribution is -2.06. The van der Waals surface area contributed by atoms with Gasteiger partial charge in [-0.15, -0.1) is 0 Å². The van der Waals surface area contributed by atoms with Crippen molar-refractivity contribution in [1.82, 2.24) is 4.98 Å². The minimum Gasteiger partial charge on any atom is -0.481 e. The van der Waals surface area contributed by atoms with Crippen molar-refractivity contribution in [2.45, 2.75) is 89.9 Å². The molecule has 2 rings (SSSR count). The zero-order chi connectivity index (χ0) is 18.6. The lowest BCUT2D eigenvalue weighted by molar-refractivity contribution is -0.137. The van der Waals surface area contributed by atoms with Crippen LogP contribution in [0.15, 0.2) is 30.5 Å². The fraction of sp³-hybridized carbons (Fsp3) is 0.609. The second-order valence-electron chi connectivity index (χ2n) is 7.56. The van der Waals surface area contributed by atoms with Crippen LogP contribution >= 0.6 is 0 Å². The topological polar surface area (TPSA) is 53.1 Å². The molecule has 1 aromatic carbocycles. The van der Waals surface area contributed by atoms with Gasteiger partial charge in [0.1, 0.15) is 0 Å². The number of hydrogen-bond donors (Lipinski definition) is 2. The largest absolute Gasteiger partial charge is 0.481 e. The fourth-order valence-corrected chi connectivity index (χ4v) is 3.89. The van der Waals surface area contributed by atoms with Crippen LogP contribution in [0.1, 0.15) is 95.5 Å². The van der Waals surface area contributed by atoms with Crippen molar-refractivity contribution >= 4 is 16.9 Å². The van der Waals surface area contributed by atoms with Gasteiger partial charge in [-0.2, -0.15) is 0 Å². The van der Waals surface area contributed by atoms with E-state index >= 15 is 0 Å². The SMILES string of the molecule is CCCCCCCCCCCCC(CC(=O)O)c1c[nH]c2ccccc12. The highest BCUT2D eigenvalue weighted by atomic mass is 16.4. The Morgan fingerprint density at radius 1 is 0.962 bits per heavy atom. The number of nitrogens with one attached hydrogen (secondary N) is 1. The summed E-state index contributed by atoms with van der Waals surface area (Å²) in [5.41, 5.74) is 2.26. The minimum absolute atomic E-state index is 0.109. The number of carbonyl (C=O) groups is 1. The maximum absolute atomic E-state index is 11.3. The molecule has 1 aromatic heterocycles. The van der Waals surface area contributed by atoms with E-state index in [1.165, 1.54) is 68.7 Å². The van der Waals surface area contributed by atoms with Crippen LogP contribution in [0.2, 0.25) is 0 Å². The second-order valence-corrected chi connectivity index (χ2v) is 7.56. The van der Waals surface area contributed by atoms with Gasteiger partial charge in [0.25, 0.3) is 0 Å². The molecule has 0 aliphatic carbocycles. The molecule has 2 N–H and O–H groups in total. The summed E-state index contributed by atoms with van der Waals surface area (Å²) in [6.07, 6.45) is 16.3. The van der Waals surface area contributed by atoms with E-state index < -0.39 is 5.97 Å². The van der Waals surface area contributed by atoms with E-state index in [0.717, 1.165) is 18.4 Å². The molecule has 2 aromatic rings. The Morgan fingerprint density at radius 2 is 1.58 bits per heavy atom. The number of H-pyrrole nitrogens is 1. The highest BCUT2D eigenvalue weighted by Crippen LogP contribution is 2.32. The van der Waals surface area contributed by atoms with Gasteiger partial charge in [-0.25, -0.2) is 0 Å². The Hall–Kier alpha value is -1.77. The molecule has 0 bridgehead atoms. The molecule has 3 nitrogen and oxygen atoms in total. The molecule has 0 aliphatic rings. The summed E-state index contributed by atoms with van der Waals surface area (Å²) < 4.78 is 0. The molecule has 0 aliphatic heterocycles. The average molecular weight is 358 g/mol. The molecule has 26 heavy (non-hydrogen) atoms. The quantitative estimate of drug-likeness (QED) is 0.356. The highest BCUT2D eigenvalue weighted by Gasteiger charge is 2.18. The summed E-state index contributed by atoms with van der Waals surface area (Å²) in [5, 5.41) is 10.5. The number of benzene rings is 1. The maximum Gasteiger partial charge on any atom is 0.303 e. The number of aliphatic carboxylic acids is 1. The van der Waals surface area contributed by atoms with Crippen molar-refractivity contribution in [2.24, 2.45) is 0 Å². The molecule has 1 atom stereocenters. The van der Waals surface area contributed by atoms with Gasteiger partial charge in [-0.3, -0.25) is 4.79 Å². The number of carboxylic acid groups (broad SMARTS) is 1. The molecule has 1 unspecified atom stereocenters. The standard InChI is InChI=1S/C23H35NO2/c1-2-3-4-5-6-7-8-9-10-11-14-19(17-23(25)26)21-18-24-22-16-13-12-15-20(21)22/h12-13,15-16,18-19,24H,2-11,14,17H2,1H3,(H,25,26). The third-order valence-electron chi connectivity index (χ3n) is 5.39. The van der Waals surface area contributed by atoms with E-state index in [9.17, 15) is 9.90 Å². The number of rotatable bonds is 14. The monoisotopic (exact) mass is 357 g/mol. The van der Waals surface area contributed by atoms with Crippen molar-refractivity contribution < 1.29 is 9.90 Å². The van der Waals surface area contributed by atoms with E-state index in [0.29, 0.717) is 0 Å². The molecule has 0 radical (unpaired) electrons. The van der Waals surface area contributed by atoms with Gasteiger partial charge in [-0.1, -0.05) is 89.3 Å². The first-order valence-corrected chi connectivity index (χ1v) is 10.5. The Bertz CT molecular complexity index is 646. The maximum atomic E-state index is 11.3. The first-order valence-electron chi connectivity index (χ1n) is 10.5. The van der Waals surface area contributed by atoms with Gasteiger partial charge < -0.3 is 10.1 Å². The van der Waals surface area contributed by atoms with Gasteiger partial charge in [0.2, 0.25) is 0 Å². The van der Waals surface area contributed by atoms with Crippen LogP contribution in [0.25, 0.3) is 10.9 Å². The van der Waals surface area contributed by atoms with E-state index in [2.05, 4.69) is 24.0 Å². The van der Waals surface area contributed by atoms with Crippen molar-refractivity contribution in [3.05, 3.63) is 36.0 Å². The summed E-state index contributed by atoms with van der Waals surface area (Å²) in [6, 6.07) is 8.18. The van der Waals surface area contributed by atoms with E-state index in [-0.39, 0.29) is 12.3 Å². The van der Waals surface area contributed by atoms with Crippen molar-refractivity contribution in [3.63, 3.8) is 0 Å². The summed E-state index contributed by atoms with van der Waals surface area (Å²) in [6.45, 7) is 2.26. The third kappa shape index (κ3) is 6.86. The van der Waals surface area contributed by atoms with E-state index in [4.69, 9.17) is 0 Å². The van der Waals surface area contributed by atoms with Gasteiger partial charge in [0.15, 0.2) is 0 Å². The zero-order valence-corrected chi connectivity index (χ0v) is 16.3. The van der Waals surface area contributed by atoms with Crippen molar-refractivity contribution in [1.29, 1.82) is 0 Å². The van der Waals surface area contributed by atoms with Crippen LogP contribution in [0, 0.1) is 0 Å². The van der Waals surface area contributed by atoms with Crippen LogP contribution < -0.4 is 0 Å². The summed E-state index contributed by atoms with van der Waals surface area (Å²) in [5.74, 6) is -0.593. The number of unbranched alkanes of at least 4 members (excludes halogenated alkanes) is 9. The summed E-state index contributed by atoms with van der Waals surface area (Å²) >= 11 is 0. The molecular formula is C23H35NO2. The number of hydrogen-bond acceptors (Lipinski definition) is 1. The lowest BCUT2D eigenvalue weighted by Gasteiger charge is -2.14. The van der Waals surface area contributed by atoms with Crippen LogP contribution in [0.3, 0.4) is 0 Å². The summed E-state index contributed by atoms with van der Waals surface area (Å²) in [4.78, 5) is 14.6. The van der Waals surface area contributed by atoms with E-state index in [1.54, 1.807) is 0 Å². The first kappa shape index (κ1) is 20.5. The third-order valence-corrected chi connectivity index (χ3v) is 5.39. The molecular weight excluding hydrogens is 322 g/mol. The average Bonchev–Trinajstić information content (AvgIpc) is 3.06. The first-order chi connectivity index (χ1) is 12.7. The molecule has 0 saturated carbocycles. The van der Waals surface area contributed by atoms with Crippen molar-refractivity contribution in [3.8, 4) is 0 Å².